The minimum Gasteiger partial charge on any atom is -0.308 e. The molecule has 3 aromatic rings. The van der Waals surface area contributed by atoms with Gasteiger partial charge in [-0.15, -0.1) is 11.6 Å². The Labute approximate surface area is 129 Å². The Kier molecular flexibility index (Phi) is 4.20. The number of benzene rings is 1. The monoisotopic (exact) mass is 299 g/mol. The molecule has 3 rings (SSSR count). The van der Waals surface area contributed by atoms with Gasteiger partial charge in [-0.2, -0.15) is 0 Å². The quantitative estimate of drug-likeness (QED) is 0.671. The smallest absolute Gasteiger partial charge is 0.160 e. The lowest BCUT2D eigenvalue weighted by Crippen LogP contribution is -2.06. The van der Waals surface area contributed by atoms with Gasteiger partial charge in [-0.05, 0) is 29.7 Å². The summed E-state index contributed by atoms with van der Waals surface area (Å²) >= 11 is 5.90. The number of rotatable bonds is 5. The number of aryl methyl sites for hydroxylation is 2. The number of hydrogen-bond donors (Lipinski definition) is 0. The van der Waals surface area contributed by atoms with E-state index in [4.69, 9.17) is 11.6 Å². The second-order valence-corrected chi connectivity index (χ2v) is 5.45. The molecule has 21 heavy (non-hydrogen) atoms. The second kappa shape index (κ2) is 6.27. The number of hydrogen-bond acceptors (Lipinski definition) is 2. The number of nitrogens with zero attached hydrogens (tertiary/aromatic N) is 3. The van der Waals surface area contributed by atoms with Crippen LogP contribution in [0.2, 0.25) is 0 Å². The molecule has 0 spiro atoms. The van der Waals surface area contributed by atoms with Crippen molar-refractivity contribution >= 4 is 22.8 Å². The predicted octanol–water partition coefficient (Wildman–Crippen LogP) is 3.82. The first kappa shape index (κ1) is 14.1. The topological polar surface area (TPSA) is 30.7 Å². The van der Waals surface area contributed by atoms with E-state index in [1.165, 1.54) is 11.1 Å². The fourth-order valence-corrected chi connectivity index (χ4v) is 2.68. The minimum atomic E-state index is 0.568. The summed E-state index contributed by atoms with van der Waals surface area (Å²) in [5, 5.41) is 0. The molecule has 0 aliphatic heterocycles. The summed E-state index contributed by atoms with van der Waals surface area (Å²) in [6.07, 6.45) is 3.63. The van der Waals surface area contributed by atoms with Gasteiger partial charge in [-0.1, -0.05) is 31.2 Å². The molecule has 0 aliphatic rings. The van der Waals surface area contributed by atoms with Crippen LogP contribution in [-0.2, 0) is 19.4 Å². The number of pyridine rings is 1. The van der Waals surface area contributed by atoms with E-state index < -0.39 is 0 Å². The Bertz CT molecular complexity index is 731. The van der Waals surface area contributed by atoms with Gasteiger partial charge >= 0.3 is 0 Å². The first-order chi connectivity index (χ1) is 10.3. The van der Waals surface area contributed by atoms with Crippen molar-refractivity contribution in [2.75, 3.05) is 5.88 Å². The fourth-order valence-electron chi connectivity index (χ4n) is 2.51. The molecule has 0 radical (unpaired) electrons. The number of fused-ring (bicyclic) bond motifs is 1. The van der Waals surface area contributed by atoms with Crippen LogP contribution in [-0.4, -0.2) is 20.4 Å². The van der Waals surface area contributed by atoms with Crippen LogP contribution in [0.3, 0.4) is 0 Å². The van der Waals surface area contributed by atoms with Crippen LogP contribution in [0, 0.1) is 0 Å². The Morgan fingerprint density at radius 2 is 1.86 bits per heavy atom. The van der Waals surface area contributed by atoms with Crippen molar-refractivity contribution in [1.29, 1.82) is 0 Å². The molecule has 2 heterocycles. The van der Waals surface area contributed by atoms with Gasteiger partial charge in [-0.25, -0.2) is 9.97 Å². The molecule has 3 nitrogen and oxygen atoms in total. The molecule has 0 bridgehead atoms. The summed E-state index contributed by atoms with van der Waals surface area (Å²) in [5.41, 5.74) is 4.47. The van der Waals surface area contributed by atoms with Crippen molar-refractivity contribution in [2.24, 2.45) is 0 Å². The molecular formula is C17H18ClN3. The first-order valence-electron chi connectivity index (χ1n) is 7.25. The van der Waals surface area contributed by atoms with Crippen LogP contribution in [0.15, 0.2) is 42.6 Å². The summed E-state index contributed by atoms with van der Waals surface area (Å²) in [6, 6.07) is 12.6. The summed E-state index contributed by atoms with van der Waals surface area (Å²) in [5.74, 6) is 1.57. The van der Waals surface area contributed by atoms with Gasteiger partial charge in [0.2, 0.25) is 0 Å². The van der Waals surface area contributed by atoms with Gasteiger partial charge in [0.1, 0.15) is 11.3 Å². The van der Waals surface area contributed by atoms with Gasteiger partial charge < -0.3 is 4.57 Å². The number of aromatic nitrogens is 3. The van der Waals surface area contributed by atoms with E-state index in [-0.39, 0.29) is 0 Å². The molecule has 0 aliphatic carbocycles. The lowest BCUT2D eigenvalue weighted by atomic mass is 10.1. The van der Waals surface area contributed by atoms with E-state index in [2.05, 4.69) is 45.7 Å². The van der Waals surface area contributed by atoms with Crippen LogP contribution in [0.25, 0.3) is 11.2 Å². The van der Waals surface area contributed by atoms with Crippen LogP contribution < -0.4 is 0 Å². The Balaban J connectivity index is 1.99. The van der Waals surface area contributed by atoms with E-state index in [1.54, 1.807) is 0 Å². The predicted molar refractivity (Wildman–Crippen MR) is 86.9 cm³/mol. The average molecular weight is 300 g/mol. The van der Waals surface area contributed by atoms with Crippen molar-refractivity contribution < 1.29 is 0 Å². The number of alkyl halides is 1. The van der Waals surface area contributed by atoms with E-state index >= 15 is 0 Å². The maximum absolute atomic E-state index is 5.90. The largest absolute Gasteiger partial charge is 0.308 e. The highest BCUT2D eigenvalue weighted by atomic mass is 35.5. The first-order valence-corrected chi connectivity index (χ1v) is 7.79. The molecule has 0 atom stereocenters. The van der Waals surface area contributed by atoms with Gasteiger partial charge in [-0.3, -0.25) is 0 Å². The molecule has 0 N–H and O–H groups in total. The maximum Gasteiger partial charge on any atom is 0.160 e. The highest BCUT2D eigenvalue weighted by molar-refractivity contribution is 6.17. The van der Waals surface area contributed by atoms with Crippen molar-refractivity contribution in [3.8, 4) is 0 Å². The number of imidazole rings is 1. The third-order valence-electron chi connectivity index (χ3n) is 3.67. The highest BCUT2D eigenvalue weighted by Gasteiger charge is 2.11. The van der Waals surface area contributed by atoms with Gasteiger partial charge in [0.15, 0.2) is 5.65 Å². The molecule has 0 saturated carbocycles. The molecule has 1 aromatic carbocycles. The zero-order chi connectivity index (χ0) is 14.7. The molecule has 0 unspecified atom stereocenters. The van der Waals surface area contributed by atoms with Gasteiger partial charge in [0, 0.05) is 18.5 Å². The minimum absolute atomic E-state index is 0.568. The van der Waals surface area contributed by atoms with E-state index in [1.807, 2.05) is 18.3 Å². The Morgan fingerprint density at radius 1 is 1.10 bits per heavy atom. The third kappa shape index (κ3) is 2.93. The molecule has 0 saturated heterocycles. The van der Waals surface area contributed by atoms with Crippen LogP contribution in [0.5, 0.6) is 0 Å². The van der Waals surface area contributed by atoms with E-state index in [9.17, 15) is 0 Å². The van der Waals surface area contributed by atoms with Crippen molar-refractivity contribution in [3.05, 3.63) is 59.5 Å². The summed E-state index contributed by atoms with van der Waals surface area (Å²) < 4.78 is 2.17. The summed E-state index contributed by atoms with van der Waals surface area (Å²) in [6.45, 7) is 2.95. The summed E-state index contributed by atoms with van der Waals surface area (Å²) in [7, 11) is 0. The number of halogens is 1. The molecular weight excluding hydrogens is 282 g/mol. The maximum atomic E-state index is 5.90. The van der Waals surface area contributed by atoms with Crippen molar-refractivity contribution in [3.63, 3.8) is 0 Å². The Hall–Kier alpha value is -1.87. The Morgan fingerprint density at radius 3 is 2.57 bits per heavy atom. The molecule has 0 amide bonds. The molecule has 4 heteroatoms. The highest BCUT2D eigenvalue weighted by Crippen LogP contribution is 2.17. The second-order valence-electron chi connectivity index (χ2n) is 5.07. The lowest BCUT2D eigenvalue weighted by Gasteiger charge is -2.08. The third-order valence-corrected chi connectivity index (χ3v) is 3.86. The normalized spacial score (nSPS) is 11.1. The molecule has 0 fully saturated rings. The van der Waals surface area contributed by atoms with Crippen molar-refractivity contribution in [1.82, 2.24) is 14.5 Å². The van der Waals surface area contributed by atoms with E-state index in [0.29, 0.717) is 5.88 Å². The van der Waals surface area contributed by atoms with E-state index in [0.717, 1.165) is 36.4 Å². The molecule has 108 valence electrons. The average Bonchev–Trinajstić information content (AvgIpc) is 2.86. The standard InChI is InChI=1S/C17H18ClN3/c1-2-13-5-7-14(8-6-13)12-21-16(9-10-18)20-15-4-3-11-19-17(15)21/h3-8,11H,2,9-10,12H2,1H3. The zero-order valence-corrected chi connectivity index (χ0v) is 12.8. The lowest BCUT2D eigenvalue weighted by molar-refractivity contribution is 0.747. The van der Waals surface area contributed by atoms with Crippen LogP contribution in [0.4, 0.5) is 0 Å². The zero-order valence-electron chi connectivity index (χ0n) is 12.1. The van der Waals surface area contributed by atoms with Crippen molar-refractivity contribution in [2.45, 2.75) is 26.3 Å². The fraction of sp³-hybridized carbons (Fsp3) is 0.294. The van der Waals surface area contributed by atoms with Gasteiger partial charge in [0.25, 0.3) is 0 Å². The van der Waals surface area contributed by atoms with Gasteiger partial charge in [0.05, 0.1) is 6.54 Å². The summed E-state index contributed by atoms with van der Waals surface area (Å²) in [4.78, 5) is 9.12. The molecule has 2 aromatic heterocycles. The van der Waals surface area contributed by atoms with Crippen LogP contribution >= 0.6 is 11.6 Å². The van der Waals surface area contributed by atoms with Crippen LogP contribution in [0.1, 0.15) is 23.9 Å². The SMILES string of the molecule is CCc1ccc(Cn2c(CCCl)nc3cccnc32)cc1.